The molecule has 114 valence electrons. The summed E-state index contributed by atoms with van der Waals surface area (Å²) in [5.74, 6) is 0.361. The van der Waals surface area contributed by atoms with Crippen LogP contribution in [0.1, 0.15) is 25.7 Å². The fourth-order valence-corrected chi connectivity index (χ4v) is 1.37. The third kappa shape index (κ3) is 21.2. The summed E-state index contributed by atoms with van der Waals surface area (Å²) in [6.07, 6.45) is 10.3. The summed E-state index contributed by atoms with van der Waals surface area (Å²) in [6.45, 7) is 0. The molecule has 1 heterocycles. The maximum Gasteiger partial charge on any atom is 5.00 e. The third-order valence-corrected chi connectivity index (χ3v) is 2.19. The molecule has 0 N–H and O–H groups in total. The normalized spacial score (nSPS) is 11.3. The van der Waals surface area contributed by atoms with Crippen molar-refractivity contribution in [3.8, 4) is 6.07 Å². The zero-order valence-electron chi connectivity index (χ0n) is 10.6. The van der Waals surface area contributed by atoms with Crippen molar-refractivity contribution in [1.29, 1.82) is 5.26 Å². The van der Waals surface area contributed by atoms with Gasteiger partial charge in [-0.3, -0.25) is 4.98 Å². The summed E-state index contributed by atoms with van der Waals surface area (Å²) in [4.78, 5) is 3.78. The van der Waals surface area contributed by atoms with Crippen molar-refractivity contribution in [2.45, 2.75) is 25.7 Å². The summed E-state index contributed by atoms with van der Waals surface area (Å²) >= 11 is 0. The molecule has 0 radical (unpaired) electrons. The molecule has 0 saturated heterocycles. The van der Waals surface area contributed by atoms with Gasteiger partial charge >= 0.3 is 24.4 Å². The number of hydrogen-bond acceptors (Lipinski definition) is 2. The van der Waals surface area contributed by atoms with Gasteiger partial charge in [-0.25, -0.2) is 0 Å². The van der Waals surface area contributed by atoms with Crippen molar-refractivity contribution in [2.75, 3.05) is 0 Å². The molecule has 1 aliphatic carbocycles. The molecule has 1 aliphatic rings. The molecule has 8 heteroatoms. The summed E-state index contributed by atoms with van der Waals surface area (Å²) in [5.41, 5.74) is 0. The first-order valence-corrected chi connectivity index (χ1v) is 5.00. The van der Waals surface area contributed by atoms with E-state index in [1.807, 2.05) is 18.2 Å². The number of rotatable bonds is 0. The maximum absolute atomic E-state index is 8.43. The van der Waals surface area contributed by atoms with Crippen LogP contribution >= 0.6 is 0 Å². The first-order chi connectivity index (χ1) is 6.93. The van der Waals surface area contributed by atoms with Crippen LogP contribution < -0.4 is 62.0 Å². The van der Waals surface area contributed by atoms with Gasteiger partial charge in [-0.1, -0.05) is 18.9 Å². The first kappa shape index (κ1) is 37.3. The zero-order valence-corrected chi connectivity index (χ0v) is 16.9. The van der Waals surface area contributed by atoms with E-state index in [-0.39, 0.29) is 86.5 Å². The molecule has 0 bridgehead atoms. The Morgan fingerprint density at radius 3 is 1.55 bits per heavy atom. The number of nitrogens with zero attached hydrogens (tertiary/aromatic N) is 2. The third-order valence-electron chi connectivity index (χ3n) is 2.19. The molecular weight excluding hydrogens is 471 g/mol. The van der Waals surface area contributed by atoms with E-state index in [4.69, 9.17) is 5.26 Å². The van der Waals surface area contributed by atoms with Gasteiger partial charge in [0.15, 0.2) is 0 Å². The van der Waals surface area contributed by atoms with Crippen LogP contribution in [0, 0.1) is 23.7 Å². The van der Waals surface area contributed by atoms with E-state index in [0.717, 1.165) is 25.7 Å². The molecule has 2 nitrogen and oxygen atoms in total. The summed E-state index contributed by atoms with van der Waals surface area (Å²) in [5, 5.41) is 8.43. The van der Waals surface area contributed by atoms with E-state index in [0.29, 0.717) is 5.92 Å². The van der Waals surface area contributed by atoms with Crippen molar-refractivity contribution >= 4 is 24.4 Å². The second-order valence-electron chi connectivity index (χ2n) is 3.29. The van der Waals surface area contributed by atoms with Crippen molar-refractivity contribution in [3.05, 3.63) is 37.0 Å². The van der Waals surface area contributed by atoms with E-state index < -0.39 is 0 Å². The standard InChI is InChI=1S/C7H10N.C5H5N.5ClH.Sb/c8-6-7-4-2-1-3-5-7;1-2-4-6-5-3-1;;;;;;/h1,7H,2-5H2;1-5H;5*1H;/q-1;;;;;;;+5/p-5. The van der Waals surface area contributed by atoms with Gasteiger partial charge in [0.1, 0.15) is 0 Å². The van der Waals surface area contributed by atoms with E-state index in [9.17, 15) is 0 Å². The Kier molecular flexibility index (Phi) is 52.4. The van der Waals surface area contributed by atoms with Crippen molar-refractivity contribution in [3.63, 3.8) is 0 Å². The average Bonchev–Trinajstić information content (AvgIpc) is 2.33. The Hall–Kier alpha value is 0.908. The predicted molar refractivity (Wildman–Crippen MR) is 61.9 cm³/mol. The number of aromatic nitrogens is 1. The zero-order chi connectivity index (χ0) is 10.1. The number of nitriles is 1. The van der Waals surface area contributed by atoms with Crippen molar-refractivity contribution in [2.24, 2.45) is 5.92 Å². The van der Waals surface area contributed by atoms with Gasteiger partial charge in [0.25, 0.3) is 0 Å². The fourth-order valence-electron chi connectivity index (χ4n) is 1.37. The van der Waals surface area contributed by atoms with E-state index in [2.05, 4.69) is 17.5 Å². The van der Waals surface area contributed by atoms with Crippen LogP contribution in [-0.4, -0.2) is 29.4 Å². The molecule has 1 saturated carbocycles. The summed E-state index contributed by atoms with van der Waals surface area (Å²) in [6, 6.07) is 8.00. The van der Waals surface area contributed by atoms with Gasteiger partial charge in [0, 0.05) is 18.3 Å². The molecule has 0 unspecified atom stereocenters. The summed E-state index contributed by atoms with van der Waals surface area (Å²) < 4.78 is 0. The molecule has 20 heavy (non-hydrogen) atoms. The van der Waals surface area contributed by atoms with Crippen molar-refractivity contribution in [1.82, 2.24) is 4.98 Å². The van der Waals surface area contributed by atoms with Gasteiger partial charge in [-0.2, -0.15) is 18.1 Å². The topological polar surface area (TPSA) is 36.7 Å². The molecule has 1 fully saturated rings. The van der Waals surface area contributed by atoms with Crippen LogP contribution in [0.2, 0.25) is 0 Å². The van der Waals surface area contributed by atoms with E-state index in [1.54, 1.807) is 12.4 Å². The van der Waals surface area contributed by atoms with Crippen molar-refractivity contribution < 1.29 is 62.0 Å². The minimum absolute atomic E-state index is 0. The second kappa shape index (κ2) is 28.1. The van der Waals surface area contributed by atoms with Crippen LogP contribution in [0.15, 0.2) is 30.6 Å². The Balaban J connectivity index is -0.0000000383. The van der Waals surface area contributed by atoms with E-state index >= 15 is 0 Å². The Morgan fingerprint density at radius 2 is 1.35 bits per heavy atom. The van der Waals surface area contributed by atoms with Crippen LogP contribution in [0.25, 0.3) is 0 Å². The molecule has 2 rings (SSSR count). The van der Waals surface area contributed by atoms with Gasteiger partial charge < -0.3 is 68.5 Å². The Labute approximate surface area is 170 Å². The van der Waals surface area contributed by atoms with Gasteiger partial charge in [0.05, 0.1) is 6.07 Å². The SMILES string of the molecule is N#CC1CC[CH-]CC1.[Cl-].[Cl-].[Cl-].[Cl-].[Cl-].[Sb+5].c1ccncc1. The predicted octanol–water partition coefficient (Wildman–Crippen LogP) is -12.4. The minimum atomic E-state index is 0. The number of halogens is 5. The molecule has 0 spiro atoms. The van der Waals surface area contributed by atoms with Gasteiger partial charge in [0.2, 0.25) is 0 Å². The Bertz CT molecular complexity index is 252. The molecule has 0 aromatic carbocycles. The van der Waals surface area contributed by atoms with Crippen LogP contribution in [0.3, 0.4) is 0 Å². The van der Waals surface area contributed by atoms with Crippen LogP contribution in [-0.2, 0) is 0 Å². The number of hydrogen-bond donors (Lipinski definition) is 0. The molecule has 0 atom stereocenters. The average molecular weight is 486 g/mol. The first-order valence-electron chi connectivity index (χ1n) is 5.00. The maximum atomic E-state index is 8.43. The van der Waals surface area contributed by atoms with E-state index in [1.165, 1.54) is 0 Å². The smallest absolute Gasteiger partial charge is 1.00 e. The largest absolute Gasteiger partial charge is 5.00 e. The van der Waals surface area contributed by atoms with Crippen LogP contribution in [0.4, 0.5) is 0 Å². The van der Waals surface area contributed by atoms with Gasteiger partial charge in [-0.05, 0) is 12.1 Å². The molecule has 1 aromatic rings. The van der Waals surface area contributed by atoms with Crippen LogP contribution in [0.5, 0.6) is 0 Å². The second-order valence-corrected chi connectivity index (χ2v) is 3.29. The Morgan fingerprint density at radius 1 is 0.900 bits per heavy atom. The molecule has 0 amide bonds. The fraction of sp³-hybridized carbons (Fsp3) is 0.417. The molecule has 1 aromatic heterocycles. The molecule has 0 aliphatic heterocycles. The quantitative estimate of drug-likeness (QED) is 0.270. The number of pyridine rings is 1. The monoisotopic (exact) mass is 483 g/mol. The minimum Gasteiger partial charge on any atom is -1.00 e. The van der Waals surface area contributed by atoms with Gasteiger partial charge in [-0.15, -0.1) is 0 Å². The molecular formula is C12H15Cl5N2Sb-. The summed E-state index contributed by atoms with van der Waals surface area (Å²) in [7, 11) is 0.